The number of hydrogen-bond donors (Lipinski definition) is 2. The molecule has 0 bridgehead atoms. The summed E-state index contributed by atoms with van der Waals surface area (Å²) in [5.74, 6) is -0.199. The van der Waals surface area contributed by atoms with Crippen LogP contribution in [0.3, 0.4) is 0 Å². The van der Waals surface area contributed by atoms with Gasteiger partial charge in [0.05, 0.1) is 17.3 Å². The molecule has 2 amide bonds. The van der Waals surface area contributed by atoms with Gasteiger partial charge < -0.3 is 14.8 Å². The predicted octanol–water partition coefficient (Wildman–Crippen LogP) is 3.34. The normalized spacial score (nSPS) is 11.6. The summed E-state index contributed by atoms with van der Waals surface area (Å²) in [6.45, 7) is -0.477. The first-order chi connectivity index (χ1) is 15.5. The van der Waals surface area contributed by atoms with Crippen molar-refractivity contribution in [3.63, 3.8) is 0 Å². The molecule has 32 heavy (non-hydrogen) atoms. The molecule has 1 unspecified atom stereocenters. The fraction of sp³-hybridized carbons (Fsp3) is 0.273. The Morgan fingerprint density at radius 2 is 1.94 bits per heavy atom. The number of amides is 2. The third-order valence-electron chi connectivity index (χ3n) is 4.42. The number of thioether (sulfide) groups is 1. The van der Waals surface area contributed by atoms with Crippen LogP contribution in [0.25, 0.3) is 10.2 Å². The highest BCUT2D eigenvalue weighted by atomic mass is 32.2. The van der Waals surface area contributed by atoms with Crippen LogP contribution in [0.4, 0.5) is 5.13 Å². The van der Waals surface area contributed by atoms with Gasteiger partial charge in [-0.2, -0.15) is 11.8 Å². The Labute approximate surface area is 193 Å². The number of aromatic nitrogens is 1. The third-order valence-corrected chi connectivity index (χ3v) is 6.00. The van der Waals surface area contributed by atoms with E-state index in [9.17, 15) is 14.4 Å². The van der Waals surface area contributed by atoms with Crippen molar-refractivity contribution in [2.24, 2.45) is 0 Å². The molecular weight excluding hydrogens is 450 g/mol. The van der Waals surface area contributed by atoms with Crippen LogP contribution in [0.2, 0.25) is 0 Å². The standard InChI is InChI=1S/C22H23N3O5S2/c1-29-15-8-9-16-18(12-15)32-22(24-16)25-19(26)13-30-21(28)17(10-11-31-2)23-20(27)14-6-4-3-5-7-14/h3-9,12,17H,10-11,13H2,1-2H3,(H,23,27)(H,24,25,26). The first-order valence-corrected chi connectivity index (χ1v) is 12.0. The van der Waals surface area contributed by atoms with Crippen molar-refractivity contribution in [3.05, 3.63) is 54.1 Å². The maximum atomic E-state index is 12.5. The van der Waals surface area contributed by atoms with E-state index in [1.165, 1.54) is 11.3 Å². The van der Waals surface area contributed by atoms with Gasteiger partial charge in [0.1, 0.15) is 11.8 Å². The molecule has 2 N–H and O–H groups in total. The molecule has 0 saturated carbocycles. The molecule has 0 fully saturated rings. The molecule has 10 heteroatoms. The number of nitrogens with one attached hydrogen (secondary N) is 2. The Morgan fingerprint density at radius 1 is 1.16 bits per heavy atom. The average Bonchev–Trinajstić information content (AvgIpc) is 3.21. The van der Waals surface area contributed by atoms with E-state index in [2.05, 4.69) is 15.6 Å². The lowest BCUT2D eigenvalue weighted by atomic mass is 10.1. The molecular formula is C22H23N3O5S2. The van der Waals surface area contributed by atoms with Crippen molar-refractivity contribution in [2.75, 3.05) is 31.0 Å². The maximum Gasteiger partial charge on any atom is 0.329 e. The van der Waals surface area contributed by atoms with Crippen LogP contribution in [-0.4, -0.2) is 54.5 Å². The number of benzene rings is 2. The van der Waals surface area contributed by atoms with Gasteiger partial charge in [-0.3, -0.25) is 14.9 Å². The summed E-state index contributed by atoms with van der Waals surface area (Å²) in [6.07, 6.45) is 2.29. The van der Waals surface area contributed by atoms with Crippen LogP contribution in [0, 0.1) is 0 Å². The number of anilines is 1. The van der Waals surface area contributed by atoms with E-state index in [1.807, 2.05) is 12.3 Å². The van der Waals surface area contributed by atoms with Crippen molar-refractivity contribution in [1.82, 2.24) is 10.3 Å². The minimum absolute atomic E-state index is 0.372. The zero-order valence-electron chi connectivity index (χ0n) is 17.6. The van der Waals surface area contributed by atoms with Gasteiger partial charge in [-0.15, -0.1) is 0 Å². The van der Waals surface area contributed by atoms with Gasteiger partial charge in [0.25, 0.3) is 11.8 Å². The van der Waals surface area contributed by atoms with E-state index in [0.29, 0.717) is 28.6 Å². The Balaban J connectivity index is 1.56. The van der Waals surface area contributed by atoms with Crippen molar-refractivity contribution in [2.45, 2.75) is 12.5 Å². The molecule has 0 radical (unpaired) electrons. The van der Waals surface area contributed by atoms with Crippen molar-refractivity contribution in [3.8, 4) is 5.75 Å². The summed E-state index contributed by atoms with van der Waals surface area (Å²) in [5, 5.41) is 5.72. The van der Waals surface area contributed by atoms with Crippen LogP contribution in [0.1, 0.15) is 16.8 Å². The summed E-state index contributed by atoms with van der Waals surface area (Å²) in [4.78, 5) is 41.5. The fourth-order valence-corrected chi connectivity index (χ4v) is 4.18. The highest BCUT2D eigenvalue weighted by Gasteiger charge is 2.23. The Kier molecular flexibility index (Phi) is 8.46. The third kappa shape index (κ3) is 6.44. The number of hydrogen-bond acceptors (Lipinski definition) is 8. The molecule has 0 aliphatic heterocycles. The van der Waals surface area contributed by atoms with Gasteiger partial charge in [0.2, 0.25) is 0 Å². The van der Waals surface area contributed by atoms with Crippen molar-refractivity contribution < 1.29 is 23.9 Å². The van der Waals surface area contributed by atoms with Crippen LogP contribution in [-0.2, 0) is 14.3 Å². The molecule has 3 aromatic rings. The van der Waals surface area contributed by atoms with E-state index in [-0.39, 0.29) is 5.91 Å². The molecule has 1 aromatic heterocycles. The maximum absolute atomic E-state index is 12.5. The lowest BCUT2D eigenvalue weighted by Gasteiger charge is -2.17. The van der Waals surface area contributed by atoms with Gasteiger partial charge in [-0.05, 0) is 48.8 Å². The number of rotatable bonds is 10. The smallest absolute Gasteiger partial charge is 0.329 e. The fourth-order valence-electron chi connectivity index (χ4n) is 2.79. The van der Waals surface area contributed by atoms with Crippen LogP contribution >= 0.6 is 23.1 Å². The number of fused-ring (bicyclic) bond motifs is 1. The number of esters is 1. The van der Waals surface area contributed by atoms with E-state index >= 15 is 0 Å². The summed E-state index contributed by atoms with van der Waals surface area (Å²) in [6, 6.07) is 13.2. The van der Waals surface area contributed by atoms with Gasteiger partial charge in [-0.25, -0.2) is 9.78 Å². The first-order valence-electron chi connectivity index (χ1n) is 9.76. The monoisotopic (exact) mass is 473 g/mol. The molecule has 1 heterocycles. The summed E-state index contributed by atoms with van der Waals surface area (Å²) in [5.41, 5.74) is 1.17. The summed E-state index contributed by atoms with van der Waals surface area (Å²) in [7, 11) is 1.58. The van der Waals surface area contributed by atoms with Crippen LogP contribution in [0.5, 0.6) is 5.75 Å². The number of carbonyl (C=O) groups excluding carboxylic acids is 3. The summed E-state index contributed by atoms with van der Waals surface area (Å²) >= 11 is 2.84. The summed E-state index contributed by atoms with van der Waals surface area (Å²) < 4.78 is 11.2. The Hall–Kier alpha value is -3.11. The zero-order valence-corrected chi connectivity index (χ0v) is 19.3. The number of thiazole rings is 1. The van der Waals surface area contributed by atoms with Gasteiger partial charge in [0, 0.05) is 5.56 Å². The zero-order chi connectivity index (χ0) is 22.9. The van der Waals surface area contributed by atoms with Gasteiger partial charge in [0.15, 0.2) is 11.7 Å². The molecule has 2 aromatic carbocycles. The van der Waals surface area contributed by atoms with E-state index in [4.69, 9.17) is 9.47 Å². The number of methoxy groups -OCH3 is 1. The number of nitrogens with zero attached hydrogens (tertiary/aromatic N) is 1. The van der Waals surface area contributed by atoms with E-state index in [0.717, 1.165) is 10.2 Å². The van der Waals surface area contributed by atoms with E-state index in [1.54, 1.807) is 61.3 Å². The first kappa shape index (κ1) is 23.6. The SMILES string of the molecule is COc1ccc2nc(NC(=O)COC(=O)C(CCSC)NC(=O)c3ccccc3)sc2c1. The lowest BCUT2D eigenvalue weighted by molar-refractivity contribution is -0.149. The molecule has 0 spiro atoms. The number of carbonyl (C=O) groups is 3. The molecule has 0 saturated heterocycles. The molecule has 0 aliphatic rings. The molecule has 3 rings (SSSR count). The van der Waals surface area contributed by atoms with Crippen molar-refractivity contribution >= 4 is 56.2 Å². The van der Waals surface area contributed by atoms with Crippen LogP contribution < -0.4 is 15.4 Å². The second kappa shape index (κ2) is 11.5. The Bertz CT molecular complexity index is 1090. The van der Waals surface area contributed by atoms with Crippen molar-refractivity contribution in [1.29, 1.82) is 0 Å². The topological polar surface area (TPSA) is 107 Å². The van der Waals surface area contributed by atoms with Crippen LogP contribution in [0.15, 0.2) is 48.5 Å². The number of ether oxygens (including phenoxy) is 2. The highest BCUT2D eigenvalue weighted by molar-refractivity contribution is 7.98. The molecule has 0 aliphatic carbocycles. The highest BCUT2D eigenvalue weighted by Crippen LogP contribution is 2.29. The Morgan fingerprint density at radius 3 is 2.66 bits per heavy atom. The molecule has 1 atom stereocenters. The molecule has 8 nitrogen and oxygen atoms in total. The largest absolute Gasteiger partial charge is 0.497 e. The second-order valence-electron chi connectivity index (χ2n) is 6.68. The second-order valence-corrected chi connectivity index (χ2v) is 8.70. The van der Waals surface area contributed by atoms with Gasteiger partial charge >= 0.3 is 5.97 Å². The average molecular weight is 474 g/mol. The predicted molar refractivity (Wildman–Crippen MR) is 126 cm³/mol. The lowest BCUT2D eigenvalue weighted by Crippen LogP contribution is -2.43. The van der Waals surface area contributed by atoms with Gasteiger partial charge in [-0.1, -0.05) is 29.5 Å². The minimum Gasteiger partial charge on any atom is -0.497 e. The van der Waals surface area contributed by atoms with E-state index < -0.39 is 24.5 Å². The molecule has 168 valence electrons. The minimum atomic E-state index is -0.849. The quantitative estimate of drug-likeness (QED) is 0.435.